The Morgan fingerprint density at radius 1 is 1.28 bits per heavy atom. The number of pyridine rings is 1. The molecule has 0 saturated carbocycles. The van der Waals surface area contributed by atoms with Crippen molar-refractivity contribution in [2.45, 2.75) is 13.3 Å². The van der Waals surface area contributed by atoms with Crippen molar-refractivity contribution in [2.24, 2.45) is 0 Å². The molecular weight excluding hydrogens is 248 g/mol. The van der Waals surface area contributed by atoms with Gasteiger partial charge in [-0.25, -0.2) is 0 Å². The van der Waals surface area contributed by atoms with E-state index in [-0.39, 0.29) is 5.91 Å². The zero-order valence-corrected chi connectivity index (χ0v) is 10.7. The fraction of sp³-hybridized carbons (Fsp3) is 0.143. The average Bonchev–Trinajstić information content (AvgIpc) is 2.35. The van der Waals surface area contributed by atoms with E-state index >= 15 is 0 Å². The molecular formula is C14H13ClN2O. The van der Waals surface area contributed by atoms with Crippen molar-refractivity contribution in [3.05, 3.63) is 58.9 Å². The SMILES string of the molecule is Cc1ccc(NC(=O)Cc2ccncc2)cc1Cl. The minimum atomic E-state index is -0.0684. The van der Waals surface area contributed by atoms with Gasteiger partial charge in [-0.1, -0.05) is 17.7 Å². The van der Waals surface area contributed by atoms with E-state index in [9.17, 15) is 4.79 Å². The third-order valence-corrected chi connectivity index (χ3v) is 2.98. The first-order valence-electron chi connectivity index (χ1n) is 5.60. The molecule has 0 fully saturated rings. The summed E-state index contributed by atoms with van der Waals surface area (Å²) in [6.45, 7) is 1.92. The van der Waals surface area contributed by atoms with Gasteiger partial charge in [-0.3, -0.25) is 9.78 Å². The van der Waals surface area contributed by atoms with E-state index in [1.807, 2.05) is 31.2 Å². The number of nitrogens with one attached hydrogen (secondary N) is 1. The second-order valence-corrected chi connectivity index (χ2v) is 4.45. The topological polar surface area (TPSA) is 42.0 Å². The molecule has 0 unspecified atom stereocenters. The van der Waals surface area contributed by atoms with Crippen LogP contribution in [-0.2, 0) is 11.2 Å². The summed E-state index contributed by atoms with van der Waals surface area (Å²) in [6.07, 6.45) is 3.67. The highest BCUT2D eigenvalue weighted by Crippen LogP contribution is 2.20. The Morgan fingerprint density at radius 2 is 2.00 bits per heavy atom. The van der Waals surface area contributed by atoms with E-state index < -0.39 is 0 Å². The summed E-state index contributed by atoms with van der Waals surface area (Å²) >= 11 is 6.00. The van der Waals surface area contributed by atoms with Crippen LogP contribution in [0, 0.1) is 6.92 Å². The van der Waals surface area contributed by atoms with Gasteiger partial charge in [-0.15, -0.1) is 0 Å². The van der Waals surface area contributed by atoms with Gasteiger partial charge in [-0.05, 0) is 42.3 Å². The van der Waals surface area contributed by atoms with Gasteiger partial charge in [0.1, 0.15) is 0 Å². The first-order chi connectivity index (χ1) is 8.65. The Kier molecular flexibility index (Phi) is 3.95. The molecule has 0 atom stereocenters. The van der Waals surface area contributed by atoms with Crippen LogP contribution in [0.5, 0.6) is 0 Å². The van der Waals surface area contributed by atoms with E-state index in [1.54, 1.807) is 18.5 Å². The van der Waals surface area contributed by atoms with E-state index in [0.717, 1.165) is 11.1 Å². The van der Waals surface area contributed by atoms with Crippen LogP contribution in [0.25, 0.3) is 0 Å². The van der Waals surface area contributed by atoms with Gasteiger partial charge in [0.25, 0.3) is 0 Å². The molecule has 0 bridgehead atoms. The van der Waals surface area contributed by atoms with Crippen molar-refractivity contribution in [3.63, 3.8) is 0 Å². The molecule has 2 aromatic rings. The lowest BCUT2D eigenvalue weighted by Crippen LogP contribution is -2.14. The average molecular weight is 261 g/mol. The Bertz CT molecular complexity index is 555. The third-order valence-electron chi connectivity index (χ3n) is 2.57. The molecule has 1 aromatic carbocycles. The maximum Gasteiger partial charge on any atom is 0.228 e. The first kappa shape index (κ1) is 12.6. The summed E-state index contributed by atoms with van der Waals surface area (Å²) in [5, 5.41) is 3.46. The molecule has 92 valence electrons. The van der Waals surface area contributed by atoms with E-state index in [1.165, 1.54) is 0 Å². The van der Waals surface area contributed by atoms with Crippen LogP contribution in [-0.4, -0.2) is 10.9 Å². The predicted octanol–water partition coefficient (Wildman–Crippen LogP) is 3.22. The van der Waals surface area contributed by atoms with Gasteiger partial charge in [0.2, 0.25) is 5.91 Å². The Hall–Kier alpha value is -1.87. The molecule has 1 aromatic heterocycles. The number of aromatic nitrogens is 1. The summed E-state index contributed by atoms with van der Waals surface area (Å²) in [6, 6.07) is 9.11. The minimum Gasteiger partial charge on any atom is -0.326 e. The van der Waals surface area contributed by atoms with Crippen LogP contribution in [0.1, 0.15) is 11.1 Å². The van der Waals surface area contributed by atoms with E-state index in [2.05, 4.69) is 10.3 Å². The number of carbonyl (C=O) groups is 1. The Balaban J connectivity index is 2.01. The number of nitrogens with zero attached hydrogens (tertiary/aromatic N) is 1. The quantitative estimate of drug-likeness (QED) is 0.921. The summed E-state index contributed by atoms with van der Waals surface area (Å²) in [4.78, 5) is 15.7. The number of aryl methyl sites for hydroxylation is 1. The lowest BCUT2D eigenvalue weighted by atomic mass is 10.2. The smallest absolute Gasteiger partial charge is 0.228 e. The standard InChI is InChI=1S/C14H13ClN2O/c1-10-2-3-12(9-13(10)15)17-14(18)8-11-4-6-16-7-5-11/h2-7,9H,8H2,1H3,(H,17,18). The number of carbonyl (C=O) groups excluding carboxylic acids is 1. The maximum absolute atomic E-state index is 11.8. The van der Waals surface area contributed by atoms with Crippen LogP contribution < -0.4 is 5.32 Å². The first-order valence-corrected chi connectivity index (χ1v) is 5.98. The van der Waals surface area contributed by atoms with E-state index in [4.69, 9.17) is 11.6 Å². The highest BCUT2D eigenvalue weighted by Gasteiger charge is 2.05. The third kappa shape index (κ3) is 3.31. The molecule has 0 aliphatic carbocycles. The number of amides is 1. The number of halogens is 1. The zero-order valence-electron chi connectivity index (χ0n) is 9.98. The van der Waals surface area contributed by atoms with Gasteiger partial charge in [0.15, 0.2) is 0 Å². The molecule has 0 radical (unpaired) electrons. The van der Waals surface area contributed by atoms with Crippen molar-refractivity contribution < 1.29 is 4.79 Å². The normalized spacial score (nSPS) is 10.1. The molecule has 0 spiro atoms. The summed E-state index contributed by atoms with van der Waals surface area (Å²) < 4.78 is 0. The fourth-order valence-electron chi connectivity index (χ4n) is 1.56. The summed E-state index contributed by atoms with van der Waals surface area (Å²) in [7, 11) is 0. The van der Waals surface area contributed by atoms with Gasteiger partial charge < -0.3 is 5.32 Å². The number of benzene rings is 1. The highest BCUT2D eigenvalue weighted by molar-refractivity contribution is 6.31. The molecule has 2 rings (SSSR count). The number of hydrogen-bond donors (Lipinski definition) is 1. The largest absolute Gasteiger partial charge is 0.326 e. The van der Waals surface area contributed by atoms with Crippen LogP contribution in [0.4, 0.5) is 5.69 Å². The van der Waals surface area contributed by atoms with Gasteiger partial charge in [0, 0.05) is 23.1 Å². The second kappa shape index (κ2) is 5.65. The lowest BCUT2D eigenvalue weighted by Gasteiger charge is -2.06. The Morgan fingerprint density at radius 3 is 2.67 bits per heavy atom. The van der Waals surface area contributed by atoms with Crippen molar-refractivity contribution in [1.82, 2.24) is 4.98 Å². The zero-order chi connectivity index (χ0) is 13.0. The molecule has 4 heteroatoms. The number of hydrogen-bond acceptors (Lipinski definition) is 2. The highest BCUT2D eigenvalue weighted by atomic mass is 35.5. The monoisotopic (exact) mass is 260 g/mol. The molecule has 0 aliphatic rings. The number of anilines is 1. The maximum atomic E-state index is 11.8. The Labute approximate surface area is 111 Å². The molecule has 0 aliphatic heterocycles. The van der Waals surface area contributed by atoms with Gasteiger partial charge >= 0.3 is 0 Å². The fourth-order valence-corrected chi connectivity index (χ4v) is 1.74. The van der Waals surface area contributed by atoms with Crippen molar-refractivity contribution >= 4 is 23.2 Å². The summed E-state index contributed by atoms with van der Waals surface area (Å²) in [5.41, 5.74) is 2.63. The molecule has 1 N–H and O–H groups in total. The molecule has 18 heavy (non-hydrogen) atoms. The van der Waals surface area contributed by atoms with Crippen LogP contribution in [0.15, 0.2) is 42.7 Å². The molecule has 0 saturated heterocycles. The van der Waals surface area contributed by atoms with Crippen LogP contribution in [0.2, 0.25) is 5.02 Å². The van der Waals surface area contributed by atoms with Gasteiger partial charge in [0.05, 0.1) is 6.42 Å². The van der Waals surface area contributed by atoms with Crippen LogP contribution in [0.3, 0.4) is 0 Å². The van der Waals surface area contributed by atoms with Crippen LogP contribution >= 0.6 is 11.6 Å². The molecule has 1 heterocycles. The van der Waals surface area contributed by atoms with Crippen molar-refractivity contribution in [3.8, 4) is 0 Å². The predicted molar refractivity (Wildman–Crippen MR) is 72.8 cm³/mol. The van der Waals surface area contributed by atoms with Crippen molar-refractivity contribution in [1.29, 1.82) is 0 Å². The second-order valence-electron chi connectivity index (χ2n) is 4.04. The van der Waals surface area contributed by atoms with Gasteiger partial charge in [-0.2, -0.15) is 0 Å². The number of rotatable bonds is 3. The lowest BCUT2D eigenvalue weighted by molar-refractivity contribution is -0.115. The summed E-state index contributed by atoms with van der Waals surface area (Å²) in [5.74, 6) is -0.0684. The molecule has 1 amide bonds. The van der Waals surface area contributed by atoms with E-state index in [0.29, 0.717) is 17.1 Å². The molecule has 3 nitrogen and oxygen atoms in total. The minimum absolute atomic E-state index is 0.0684. The van der Waals surface area contributed by atoms with Crippen molar-refractivity contribution in [2.75, 3.05) is 5.32 Å².